The average molecular weight is 530 g/mol. The van der Waals surface area contributed by atoms with Gasteiger partial charge in [0, 0.05) is 11.1 Å². The predicted octanol–water partition coefficient (Wildman–Crippen LogP) is 2.50. The Morgan fingerprint density at radius 2 is 1.30 bits per heavy atom. The molecule has 0 unspecified atom stereocenters. The van der Waals surface area contributed by atoms with Crippen LogP contribution < -0.4 is 25.9 Å². The summed E-state index contributed by atoms with van der Waals surface area (Å²) in [5.74, 6) is 0.676. The fourth-order valence-corrected chi connectivity index (χ4v) is 4.58. The third-order valence-electron chi connectivity index (χ3n) is 2.99. The Morgan fingerprint density at radius 1 is 0.889 bits per heavy atom. The fraction of sp³-hybridized carbons (Fsp3) is 0.250. The van der Waals surface area contributed by atoms with Crippen molar-refractivity contribution >= 4 is 7.81 Å². The van der Waals surface area contributed by atoms with E-state index in [-0.39, 0.29) is 13.2 Å². The molecule has 0 heterocycles. The Morgan fingerprint density at radius 3 is 1.63 bits per heavy atom. The van der Waals surface area contributed by atoms with Crippen LogP contribution in [0, 0.1) is 14.1 Å². The zero-order valence-electron chi connectivity index (χ0n) is 14.3. The second-order valence-electron chi connectivity index (χ2n) is 5.42. The first-order chi connectivity index (χ1) is 12.1. The van der Waals surface area contributed by atoms with Crippen LogP contribution in [0.1, 0.15) is 16.7 Å². The Balaban J connectivity index is 0.000000445. The average Bonchev–Trinajstić information content (AvgIpc) is 2.54. The maximum absolute atomic E-state index is 10.7. The molecule has 0 aliphatic carbocycles. The van der Waals surface area contributed by atoms with Gasteiger partial charge < -0.3 is 14.9 Å². The van der Waals surface area contributed by atoms with Crippen molar-refractivity contribution in [3.63, 3.8) is 0 Å². The number of methoxy groups -OCH3 is 1. The summed E-state index contributed by atoms with van der Waals surface area (Å²) < 4.78 is 66.8. The number of aliphatic hydroxyl groups is 2. The molecule has 0 saturated carbocycles. The molecule has 2 aromatic rings. The molecule has 2 rings (SSSR count). The number of aliphatic hydroxyl groups excluding tert-OH is 2. The van der Waals surface area contributed by atoms with Crippen molar-refractivity contribution in [2.45, 2.75) is 20.1 Å². The summed E-state index contributed by atoms with van der Waals surface area (Å²) in [6, 6.07) is 12.1. The summed E-state index contributed by atoms with van der Waals surface area (Å²) in [5.41, 5.74) is 2.93. The second kappa shape index (κ2) is 8.10. The van der Waals surface area contributed by atoms with Crippen LogP contribution in [0.3, 0.4) is 0 Å². The molecular formula is C16H18F6IO3P. The Labute approximate surface area is 162 Å². The van der Waals surface area contributed by atoms with Crippen molar-refractivity contribution in [3.8, 4) is 5.75 Å². The zero-order valence-corrected chi connectivity index (χ0v) is 17.3. The van der Waals surface area contributed by atoms with E-state index < -0.39 is 29.0 Å². The quantitative estimate of drug-likeness (QED) is 0.355. The van der Waals surface area contributed by atoms with Crippen LogP contribution in [0.25, 0.3) is 0 Å². The van der Waals surface area contributed by atoms with Crippen LogP contribution in [0.2, 0.25) is 0 Å². The molecule has 27 heavy (non-hydrogen) atoms. The number of benzene rings is 2. The van der Waals surface area contributed by atoms with Gasteiger partial charge in [-0.2, -0.15) is 0 Å². The van der Waals surface area contributed by atoms with Gasteiger partial charge in [0.15, 0.2) is 3.57 Å². The zero-order chi connectivity index (χ0) is 20.9. The number of rotatable bonds is 5. The molecule has 0 aliphatic rings. The third-order valence-corrected chi connectivity index (χ3v) is 6.25. The van der Waals surface area contributed by atoms with Crippen LogP contribution in [-0.2, 0) is 13.2 Å². The van der Waals surface area contributed by atoms with Crippen molar-refractivity contribution in [1.82, 2.24) is 0 Å². The summed E-state index contributed by atoms with van der Waals surface area (Å²) in [4.78, 5) is 0. The maximum atomic E-state index is 9.87. The Kier molecular flexibility index (Phi) is 7.18. The van der Waals surface area contributed by atoms with E-state index in [2.05, 4.69) is 31.2 Å². The fourth-order valence-electron chi connectivity index (χ4n) is 1.89. The molecule has 0 bridgehead atoms. The van der Waals surface area contributed by atoms with E-state index in [0.29, 0.717) is 5.75 Å². The minimum absolute atomic E-state index is 0.0366. The van der Waals surface area contributed by atoms with Crippen molar-refractivity contribution < 1.29 is 61.3 Å². The summed E-state index contributed by atoms with van der Waals surface area (Å²) in [7, 11) is -9.07. The van der Waals surface area contributed by atoms with E-state index in [1.54, 1.807) is 7.11 Å². The summed E-state index contributed by atoms with van der Waals surface area (Å²) in [6.07, 6.45) is 0. The number of halogens is 7. The van der Waals surface area contributed by atoms with Gasteiger partial charge in [-0.1, -0.05) is 17.7 Å². The molecule has 0 saturated heterocycles. The molecule has 3 nitrogen and oxygen atoms in total. The topological polar surface area (TPSA) is 49.7 Å². The first-order valence-corrected chi connectivity index (χ1v) is 11.5. The van der Waals surface area contributed by atoms with Gasteiger partial charge in [0.25, 0.3) is 0 Å². The standard InChI is InChI=1S/C16H18IO3.F6P/c1-11-3-5-14(6-4-11)17-16-12(9-18)7-15(20-2)8-13(16)10-19;1-7(2,3,4,5)6/h3-8,18-19H,9-10H2,1-2H3;/q+1;-1. The summed E-state index contributed by atoms with van der Waals surface area (Å²) in [6.45, 7) is 1.99. The molecule has 2 aromatic carbocycles. The van der Waals surface area contributed by atoms with E-state index in [1.165, 1.54) is 9.13 Å². The van der Waals surface area contributed by atoms with Gasteiger partial charge in [-0.15, -0.1) is 0 Å². The number of hydrogen-bond donors (Lipinski definition) is 2. The van der Waals surface area contributed by atoms with E-state index in [1.807, 2.05) is 12.1 Å². The molecule has 0 atom stereocenters. The molecule has 0 fully saturated rings. The molecule has 11 heteroatoms. The second-order valence-corrected chi connectivity index (χ2v) is 10.2. The number of aryl methyl sites for hydroxylation is 1. The van der Waals surface area contributed by atoms with Gasteiger partial charge in [0.2, 0.25) is 3.57 Å². The van der Waals surface area contributed by atoms with Crippen molar-refractivity contribution in [2.24, 2.45) is 0 Å². The molecular weight excluding hydrogens is 512 g/mol. The van der Waals surface area contributed by atoms with Gasteiger partial charge in [0.05, 0.1) is 20.3 Å². The summed E-state index contributed by atoms with van der Waals surface area (Å²) >= 11 is -0.434. The van der Waals surface area contributed by atoms with Crippen molar-refractivity contribution in [3.05, 3.63) is 60.2 Å². The Bertz CT molecular complexity index is 743. The molecule has 0 spiro atoms. The molecule has 0 radical (unpaired) electrons. The van der Waals surface area contributed by atoms with Gasteiger partial charge in [-0.3, -0.25) is 0 Å². The number of hydrogen-bond acceptors (Lipinski definition) is 3. The summed E-state index contributed by atoms with van der Waals surface area (Å²) in [5, 5.41) is 19.1. The SMILES string of the molecule is COc1cc(CO)c([I+]c2ccc(C)cc2)c(CO)c1.F[P-](F)(F)(F)(F)F. The normalized spacial score (nSPS) is 13.9. The minimum atomic E-state index is -10.7. The van der Waals surface area contributed by atoms with Gasteiger partial charge in [0.1, 0.15) is 5.75 Å². The van der Waals surface area contributed by atoms with Gasteiger partial charge >= 0.3 is 54.2 Å². The molecule has 154 valence electrons. The van der Waals surface area contributed by atoms with Crippen LogP contribution >= 0.6 is 7.81 Å². The monoisotopic (exact) mass is 530 g/mol. The van der Waals surface area contributed by atoms with E-state index in [9.17, 15) is 35.4 Å². The van der Waals surface area contributed by atoms with Crippen molar-refractivity contribution in [1.29, 1.82) is 0 Å². The van der Waals surface area contributed by atoms with Crippen LogP contribution in [-0.4, -0.2) is 17.3 Å². The van der Waals surface area contributed by atoms with E-state index in [0.717, 1.165) is 14.7 Å². The Hall–Kier alpha value is -1.10. The van der Waals surface area contributed by atoms with Crippen molar-refractivity contribution in [2.75, 3.05) is 7.11 Å². The first kappa shape index (κ1) is 23.9. The molecule has 2 N–H and O–H groups in total. The molecule has 0 aromatic heterocycles. The first-order valence-electron chi connectivity index (χ1n) is 7.32. The molecule has 0 aliphatic heterocycles. The third kappa shape index (κ3) is 10.7. The van der Waals surface area contributed by atoms with Crippen LogP contribution in [0.4, 0.5) is 25.2 Å². The van der Waals surface area contributed by atoms with E-state index >= 15 is 0 Å². The predicted molar refractivity (Wildman–Crippen MR) is 87.0 cm³/mol. The van der Waals surface area contributed by atoms with Crippen LogP contribution in [0.5, 0.6) is 5.75 Å². The van der Waals surface area contributed by atoms with Gasteiger partial charge in [-0.05, 0) is 31.2 Å². The van der Waals surface area contributed by atoms with Crippen LogP contribution in [0.15, 0.2) is 36.4 Å². The molecule has 0 amide bonds. The van der Waals surface area contributed by atoms with Gasteiger partial charge in [-0.25, -0.2) is 0 Å². The van der Waals surface area contributed by atoms with E-state index in [4.69, 9.17) is 4.74 Å². The number of ether oxygens (including phenoxy) is 1.